The van der Waals surface area contributed by atoms with E-state index in [9.17, 15) is 9.59 Å². The Balaban J connectivity index is 1.54. The summed E-state index contributed by atoms with van der Waals surface area (Å²) in [6.45, 7) is 7.04. The maximum atomic E-state index is 13.3. The Hall–Kier alpha value is -3.49. The van der Waals surface area contributed by atoms with E-state index < -0.39 is 6.04 Å². The van der Waals surface area contributed by atoms with Crippen LogP contribution in [0.5, 0.6) is 0 Å². The lowest BCUT2D eigenvalue weighted by Gasteiger charge is -2.30. The maximum absolute atomic E-state index is 13.3. The zero-order valence-corrected chi connectivity index (χ0v) is 18.7. The number of aromatic amines is 1. The molecular formula is C23H28N6O3. The number of carbonyl (C=O) groups is 2. The van der Waals surface area contributed by atoms with Crippen molar-refractivity contribution in [2.45, 2.75) is 46.1 Å². The third-order valence-corrected chi connectivity index (χ3v) is 5.91. The molecule has 1 atom stereocenters. The SMILES string of the molecule is Cc1nc(C2CN(C(=O)CCc3c(C)noc3C)CCCN2C(=O)c2ccccc2)n[nH]1. The average molecular weight is 437 g/mol. The van der Waals surface area contributed by atoms with E-state index in [0.717, 1.165) is 17.0 Å². The van der Waals surface area contributed by atoms with Crippen LogP contribution in [0.1, 0.15) is 57.9 Å². The van der Waals surface area contributed by atoms with Gasteiger partial charge in [0.05, 0.1) is 5.69 Å². The van der Waals surface area contributed by atoms with Crippen molar-refractivity contribution in [3.63, 3.8) is 0 Å². The Bertz CT molecular complexity index is 1070. The fraction of sp³-hybridized carbons (Fsp3) is 0.435. The van der Waals surface area contributed by atoms with E-state index in [0.29, 0.717) is 56.1 Å². The van der Waals surface area contributed by atoms with Crippen LogP contribution in [0, 0.1) is 20.8 Å². The van der Waals surface area contributed by atoms with Gasteiger partial charge < -0.3 is 14.3 Å². The number of H-pyrrole nitrogens is 1. The Kier molecular flexibility index (Phi) is 6.34. The third kappa shape index (κ3) is 4.56. The Morgan fingerprint density at radius 1 is 1.16 bits per heavy atom. The topological polar surface area (TPSA) is 108 Å². The molecule has 4 rings (SSSR count). The molecule has 1 saturated heterocycles. The van der Waals surface area contributed by atoms with Crippen molar-refractivity contribution in [2.75, 3.05) is 19.6 Å². The highest BCUT2D eigenvalue weighted by molar-refractivity contribution is 5.94. The number of benzene rings is 1. The van der Waals surface area contributed by atoms with Gasteiger partial charge in [0.25, 0.3) is 5.91 Å². The monoisotopic (exact) mass is 436 g/mol. The van der Waals surface area contributed by atoms with Gasteiger partial charge in [-0.05, 0) is 45.7 Å². The van der Waals surface area contributed by atoms with Crippen molar-refractivity contribution < 1.29 is 14.1 Å². The second kappa shape index (κ2) is 9.33. The summed E-state index contributed by atoms with van der Waals surface area (Å²) in [5, 5.41) is 11.2. The van der Waals surface area contributed by atoms with E-state index >= 15 is 0 Å². The van der Waals surface area contributed by atoms with Crippen LogP contribution < -0.4 is 0 Å². The molecule has 3 heterocycles. The van der Waals surface area contributed by atoms with Crippen molar-refractivity contribution in [1.29, 1.82) is 0 Å². The number of nitrogens with one attached hydrogen (secondary N) is 1. The molecule has 0 spiro atoms. The quantitative estimate of drug-likeness (QED) is 0.659. The van der Waals surface area contributed by atoms with Gasteiger partial charge in [0.15, 0.2) is 5.82 Å². The molecule has 1 aromatic carbocycles. The first-order chi connectivity index (χ1) is 15.4. The van der Waals surface area contributed by atoms with Crippen LogP contribution in [0.3, 0.4) is 0 Å². The lowest BCUT2D eigenvalue weighted by Crippen LogP contribution is -2.40. The first kappa shape index (κ1) is 21.7. The molecule has 9 nitrogen and oxygen atoms in total. The highest BCUT2D eigenvalue weighted by Crippen LogP contribution is 2.26. The largest absolute Gasteiger partial charge is 0.361 e. The fourth-order valence-corrected chi connectivity index (χ4v) is 4.18. The number of amides is 2. The van der Waals surface area contributed by atoms with Gasteiger partial charge in [0.1, 0.15) is 17.6 Å². The van der Waals surface area contributed by atoms with E-state index in [1.165, 1.54) is 0 Å². The number of aromatic nitrogens is 4. The number of carbonyl (C=O) groups excluding carboxylic acids is 2. The van der Waals surface area contributed by atoms with Crippen molar-refractivity contribution in [2.24, 2.45) is 0 Å². The first-order valence-electron chi connectivity index (χ1n) is 10.9. The van der Waals surface area contributed by atoms with Gasteiger partial charge in [-0.1, -0.05) is 23.4 Å². The maximum Gasteiger partial charge on any atom is 0.254 e. The number of rotatable bonds is 5. The second-order valence-corrected chi connectivity index (χ2v) is 8.16. The summed E-state index contributed by atoms with van der Waals surface area (Å²) in [4.78, 5) is 34.5. The first-order valence-corrected chi connectivity index (χ1v) is 10.9. The molecule has 0 saturated carbocycles. The molecule has 0 radical (unpaired) electrons. The standard InChI is InChI=1S/C23H28N6O3/c1-15-19(16(2)32-27-15)10-11-21(30)28-12-7-13-29(23(31)18-8-5-4-6-9-18)20(14-28)22-24-17(3)25-26-22/h4-6,8-9,20H,7,10-14H2,1-3H3,(H,24,25,26). The zero-order chi connectivity index (χ0) is 22.7. The molecule has 0 bridgehead atoms. The second-order valence-electron chi connectivity index (χ2n) is 8.16. The van der Waals surface area contributed by atoms with Gasteiger partial charge in [-0.3, -0.25) is 14.7 Å². The van der Waals surface area contributed by atoms with Crippen molar-refractivity contribution in [3.8, 4) is 0 Å². The van der Waals surface area contributed by atoms with Gasteiger partial charge in [-0.25, -0.2) is 4.98 Å². The molecule has 1 aliphatic heterocycles. The van der Waals surface area contributed by atoms with Crippen LogP contribution in [0.15, 0.2) is 34.9 Å². The summed E-state index contributed by atoms with van der Waals surface area (Å²) < 4.78 is 5.21. The minimum atomic E-state index is -0.418. The molecular weight excluding hydrogens is 408 g/mol. The zero-order valence-electron chi connectivity index (χ0n) is 18.7. The number of hydrogen-bond donors (Lipinski definition) is 1. The molecule has 1 aliphatic rings. The summed E-state index contributed by atoms with van der Waals surface area (Å²) in [7, 11) is 0. The van der Waals surface area contributed by atoms with Crippen LogP contribution in [-0.2, 0) is 11.2 Å². The Morgan fingerprint density at radius 2 is 1.94 bits per heavy atom. The fourth-order valence-electron chi connectivity index (χ4n) is 4.18. The molecule has 1 unspecified atom stereocenters. The highest BCUT2D eigenvalue weighted by atomic mass is 16.5. The van der Waals surface area contributed by atoms with E-state index in [2.05, 4.69) is 20.3 Å². The van der Waals surface area contributed by atoms with E-state index in [1.54, 1.807) is 17.0 Å². The number of nitrogens with zero attached hydrogens (tertiary/aromatic N) is 5. The number of hydrogen-bond acceptors (Lipinski definition) is 6. The van der Waals surface area contributed by atoms with Gasteiger partial charge in [-0.2, -0.15) is 5.10 Å². The predicted molar refractivity (Wildman–Crippen MR) is 117 cm³/mol. The van der Waals surface area contributed by atoms with E-state index in [-0.39, 0.29) is 11.8 Å². The minimum absolute atomic E-state index is 0.0382. The third-order valence-electron chi connectivity index (χ3n) is 5.91. The minimum Gasteiger partial charge on any atom is -0.361 e. The van der Waals surface area contributed by atoms with Crippen molar-refractivity contribution >= 4 is 11.8 Å². The lowest BCUT2D eigenvalue weighted by atomic mass is 10.1. The summed E-state index contributed by atoms with van der Waals surface area (Å²) in [6, 6.07) is 8.77. The van der Waals surface area contributed by atoms with E-state index in [1.807, 2.05) is 43.9 Å². The summed E-state index contributed by atoms with van der Waals surface area (Å²) >= 11 is 0. The van der Waals surface area contributed by atoms with Gasteiger partial charge >= 0.3 is 0 Å². The molecule has 2 amide bonds. The Morgan fingerprint density at radius 3 is 2.59 bits per heavy atom. The molecule has 1 fully saturated rings. The van der Waals surface area contributed by atoms with Crippen molar-refractivity contribution in [1.82, 2.24) is 30.1 Å². The molecule has 2 aromatic heterocycles. The summed E-state index contributed by atoms with van der Waals surface area (Å²) in [6.07, 6.45) is 1.62. The van der Waals surface area contributed by atoms with Crippen molar-refractivity contribution in [3.05, 3.63) is 64.6 Å². The number of aryl methyl sites for hydroxylation is 3. The predicted octanol–water partition coefficient (Wildman–Crippen LogP) is 2.77. The van der Waals surface area contributed by atoms with Crippen LogP contribution in [0.2, 0.25) is 0 Å². The van der Waals surface area contributed by atoms with Gasteiger partial charge in [0.2, 0.25) is 5.91 Å². The average Bonchev–Trinajstić information content (AvgIpc) is 3.28. The summed E-state index contributed by atoms with van der Waals surface area (Å²) in [5.74, 6) is 1.91. The molecule has 1 N–H and O–H groups in total. The highest BCUT2D eigenvalue weighted by Gasteiger charge is 2.34. The van der Waals surface area contributed by atoms with Gasteiger partial charge in [-0.15, -0.1) is 0 Å². The molecule has 0 aliphatic carbocycles. The van der Waals surface area contributed by atoms with E-state index in [4.69, 9.17) is 4.52 Å². The molecule has 9 heteroatoms. The normalized spacial score (nSPS) is 16.8. The molecule has 168 valence electrons. The van der Waals surface area contributed by atoms with Crippen LogP contribution in [-0.4, -0.2) is 61.6 Å². The smallest absolute Gasteiger partial charge is 0.254 e. The van der Waals surface area contributed by atoms with Crippen LogP contribution in [0.25, 0.3) is 0 Å². The van der Waals surface area contributed by atoms with Crippen LogP contribution in [0.4, 0.5) is 0 Å². The Labute approximate surface area is 186 Å². The summed E-state index contributed by atoms with van der Waals surface area (Å²) in [5.41, 5.74) is 2.41. The van der Waals surface area contributed by atoms with Crippen LogP contribution >= 0.6 is 0 Å². The molecule has 32 heavy (non-hydrogen) atoms. The molecule has 3 aromatic rings. The lowest BCUT2D eigenvalue weighted by molar-refractivity contribution is -0.131. The van der Waals surface area contributed by atoms with Gasteiger partial charge in [0, 0.05) is 37.2 Å².